The zero-order chi connectivity index (χ0) is 20.1. The van der Waals surface area contributed by atoms with Crippen LogP contribution in [0.2, 0.25) is 5.02 Å². The maximum atomic E-state index is 10.7. The highest BCUT2D eigenvalue weighted by atomic mass is 35.5. The quantitative estimate of drug-likeness (QED) is 0.371. The standard InChI is InChI=1S/C20H16ClN5O2/c21-15-9-7-14(8-10-15)18-17(24-20(23)25-19(18)22)4-2-1-3-13-5-11-16(12-6-13)26(27)28/h1-12H,(H4,22,23,24,25)/b3-1+,4-2+. The molecule has 0 unspecified atom stereocenters. The molecule has 140 valence electrons. The smallest absolute Gasteiger partial charge is 0.269 e. The van der Waals surface area contributed by atoms with E-state index in [4.69, 9.17) is 23.1 Å². The van der Waals surface area contributed by atoms with Gasteiger partial charge in [-0.3, -0.25) is 10.1 Å². The maximum absolute atomic E-state index is 10.7. The number of nitrogens with two attached hydrogens (primary N) is 2. The van der Waals surface area contributed by atoms with Crippen LogP contribution >= 0.6 is 11.6 Å². The fourth-order valence-electron chi connectivity index (χ4n) is 2.57. The summed E-state index contributed by atoms with van der Waals surface area (Å²) in [4.78, 5) is 18.6. The highest BCUT2D eigenvalue weighted by Crippen LogP contribution is 2.30. The van der Waals surface area contributed by atoms with Crippen LogP contribution in [0.5, 0.6) is 0 Å². The number of hydrogen-bond acceptors (Lipinski definition) is 6. The van der Waals surface area contributed by atoms with E-state index in [1.165, 1.54) is 12.1 Å². The number of nitrogens with zero attached hydrogens (tertiary/aromatic N) is 3. The highest BCUT2D eigenvalue weighted by Gasteiger charge is 2.11. The Bertz CT molecular complexity index is 1060. The van der Waals surface area contributed by atoms with Crippen LogP contribution < -0.4 is 11.5 Å². The lowest BCUT2D eigenvalue weighted by atomic mass is 10.0. The van der Waals surface area contributed by atoms with E-state index in [0.29, 0.717) is 16.3 Å². The predicted octanol–water partition coefficient (Wildman–Crippen LogP) is 4.60. The molecular weight excluding hydrogens is 378 g/mol. The van der Waals surface area contributed by atoms with E-state index in [1.807, 2.05) is 18.2 Å². The van der Waals surface area contributed by atoms with E-state index in [0.717, 1.165) is 11.1 Å². The lowest BCUT2D eigenvalue weighted by Crippen LogP contribution is -2.04. The second-order valence-electron chi connectivity index (χ2n) is 5.80. The molecule has 0 atom stereocenters. The minimum absolute atomic E-state index is 0.0484. The number of anilines is 2. The molecule has 8 heteroatoms. The van der Waals surface area contributed by atoms with Crippen molar-refractivity contribution in [2.24, 2.45) is 0 Å². The molecule has 0 spiro atoms. The molecule has 4 N–H and O–H groups in total. The monoisotopic (exact) mass is 393 g/mol. The molecule has 0 aliphatic carbocycles. The minimum atomic E-state index is -0.435. The fourth-order valence-corrected chi connectivity index (χ4v) is 2.69. The number of nitrogen functional groups attached to an aromatic ring is 2. The van der Waals surface area contributed by atoms with Gasteiger partial charge in [-0.25, -0.2) is 4.98 Å². The van der Waals surface area contributed by atoms with Crippen molar-refractivity contribution in [3.05, 3.63) is 87.1 Å². The third-order valence-corrected chi connectivity index (χ3v) is 4.12. The second kappa shape index (κ2) is 8.32. The van der Waals surface area contributed by atoms with Crippen LogP contribution in [0, 0.1) is 10.1 Å². The molecule has 2 aromatic carbocycles. The zero-order valence-electron chi connectivity index (χ0n) is 14.6. The van der Waals surface area contributed by atoms with Crippen LogP contribution in [0.25, 0.3) is 23.3 Å². The van der Waals surface area contributed by atoms with Crippen LogP contribution in [0.15, 0.2) is 60.7 Å². The molecule has 0 radical (unpaired) electrons. The summed E-state index contributed by atoms with van der Waals surface area (Å²) < 4.78 is 0. The fraction of sp³-hybridized carbons (Fsp3) is 0. The summed E-state index contributed by atoms with van der Waals surface area (Å²) in [6, 6.07) is 13.4. The van der Waals surface area contributed by atoms with Crippen LogP contribution in [0.4, 0.5) is 17.5 Å². The van der Waals surface area contributed by atoms with Gasteiger partial charge in [-0.1, -0.05) is 42.0 Å². The van der Waals surface area contributed by atoms with Crippen molar-refractivity contribution in [2.75, 3.05) is 11.5 Å². The zero-order valence-corrected chi connectivity index (χ0v) is 15.4. The third kappa shape index (κ3) is 4.52. The van der Waals surface area contributed by atoms with Gasteiger partial charge in [-0.15, -0.1) is 0 Å². The minimum Gasteiger partial charge on any atom is -0.383 e. The third-order valence-electron chi connectivity index (χ3n) is 3.87. The molecule has 3 aromatic rings. The topological polar surface area (TPSA) is 121 Å². The Morgan fingerprint density at radius 1 is 0.929 bits per heavy atom. The van der Waals surface area contributed by atoms with Crippen molar-refractivity contribution in [3.63, 3.8) is 0 Å². The number of rotatable bonds is 5. The molecule has 0 aliphatic heterocycles. The van der Waals surface area contributed by atoms with E-state index in [2.05, 4.69) is 9.97 Å². The largest absolute Gasteiger partial charge is 0.383 e. The van der Waals surface area contributed by atoms with Gasteiger partial charge in [0.2, 0.25) is 5.95 Å². The highest BCUT2D eigenvalue weighted by molar-refractivity contribution is 6.30. The number of nitro groups is 1. The Balaban J connectivity index is 1.87. The molecule has 28 heavy (non-hydrogen) atoms. The first-order valence-corrected chi connectivity index (χ1v) is 8.60. The van der Waals surface area contributed by atoms with Crippen LogP contribution in [-0.4, -0.2) is 14.9 Å². The van der Waals surface area contributed by atoms with Crippen molar-refractivity contribution in [1.29, 1.82) is 0 Å². The first kappa shape index (κ1) is 19.1. The number of benzene rings is 2. The first-order valence-electron chi connectivity index (χ1n) is 8.22. The Kier molecular flexibility index (Phi) is 5.67. The van der Waals surface area contributed by atoms with Gasteiger partial charge < -0.3 is 11.5 Å². The van der Waals surface area contributed by atoms with E-state index in [1.54, 1.807) is 42.5 Å². The van der Waals surface area contributed by atoms with Crippen molar-refractivity contribution >= 4 is 41.2 Å². The van der Waals surface area contributed by atoms with Crippen molar-refractivity contribution in [1.82, 2.24) is 9.97 Å². The molecule has 3 rings (SSSR count). The lowest BCUT2D eigenvalue weighted by Gasteiger charge is -2.09. The average Bonchev–Trinajstić information content (AvgIpc) is 2.66. The summed E-state index contributed by atoms with van der Waals surface area (Å²) in [6.07, 6.45) is 7.15. The Morgan fingerprint density at radius 3 is 2.21 bits per heavy atom. The predicted molar refractivity (Wildman–Crippen MR) is 112 cm³/mol. The van der Waals surface area contributed by atoms with Gasteiger partial charge in [0.25, 0.3) is 5.69 Å². The number of allylic oxidation sites excluding steroid dienone is 2. The molecule has 1 heterocycles. The summed E-state index contributed by atoms with van der Waals surface area (Å²) in [5, 5.41) is 11.3. The maximum Gasteiger partial charge on any atom is 0.269 e. The number of non-ortho nitro benzene ring substituents is 1. The second-order valence-corrected chi connectivity index (χ2v) is 6.24. The lowest BCUT2D eigenvalue weighted by molar-refractivity contribution is -0.384. The molecule has 0 fully saturated rings. The van der Waals surface area contributed by atoms with Gasteiger partial charge >= 0.3 is 0 Å². The van der Waals surface area contributed by atoms with Crippen LogP contribution in [0.3, 0.4) is 0 Å². The van der Waals surface area contributed by atoms with E-state index in [-0.39, 0.29) is 17.5 Å². The van der Waals surface area contributed by atoms with E-state index in [9.17, 15) is 10.1 Å². The Morgan fingerprint density at radius 2 is 1.57 bits per heavy atom. The normalized spacial score (nSPS) is 11.3. The number of aromatic nitrogens is 2. The number of hydrogen-bond donors (Lipinski definition) is 2. The molecular formula is C20H16ClN5O2. The molecule has 0 aliphatic rings. The van der Waals surface area contributed by atoms with Crippen LogP contribution in [0.1, 0.15) is 11.3 Å². The first-order chi connectivity index (χ1) is 13.4. The average molecular weight is 394 g/mol. The summed E-state index contributed by atoms with van der Waals surface area (Å²) in [7, 11) is 0. The van der Waals surface area contributed by atoms with Gasteiger partial charge in [0, 0.05) is 22.7 Å². The van der Waals surface area contributed by atoms with Gasteiger partial charge in [0.05, 0.1) is 10.6 Å². The number of halogens is 1. The molecule has 0 amide bonds. The molecule has 0 bridgehead atoms. The Hall–Kier alpha value is -3.71. The van der Waals surface area contributed by atoms with E-state index >= 15 is 0 Å². The number of nitro benzene ring substituents is 1. The Labute approximate surface area is 166 Å². The SMILES string of the molecule is Nc1nc(N)c(-c2ccc(Cl)cc2)c(/C=C/C=C/c2ccc([N+](=O)[O-])cc2)n1. The van der Waals surface area contributed by atoms with Gasteiger partial charge in [-0.05, 0) is 41.5 Å². The summed E-state index contributed by atoms with van der Waals surface area (Å²) in [6.45, 7) is 0. The van der Waals surface area contributed by atoms with Gasteiger partial charge in [0.15, 0.2) is 0 Å². The molecule has 0 saturated heterocycles. The van der Waals surface area contributed by atoms with Crippen molar-refractivity contribution < 1.29 is 4.92 Å². The summed E-state index contributed by atoms with van der Waals surface area (Å²) in [5.41, 5.74) is 14.7. The summed E-state index contributed by atoms with van der Waals surface area (Å²) in [5.74, 6) is 0.350. The van der Waals surface area contributed by atoms with Gasteiger partial charge in [-0.2, -0.15) is 4.98 Å². The molecule has 7 nitrogen and oxygen atoms in total. The van der Waals surface area contributed by atoms with Crippen molar-refractivity contribution in [3.8, 4) is 11.1 Å². The van der Waals surface area contributed by atoms with E-state index < -0.39 is 4.92 Å². The van der Waals surface area contributed by atoms with Crippen LogP contribution in [-0.2, 0) is 0 Å². The van der Waals surface area contributed by atoms with Crippen molar-refractivity contribution in [2.45, 2.75) is 0 Å². The summed E-state index contributed by atoms with van der Waals surface area (Å²) >= 11 is 5.95. The molecule has 0 saturated carbocycles. The molecule has 1 aromatic heterocycles. The van der Waals surface area contributed by atoms with Gasteiger partial charge in [0.1, 0.15) is 5.82 Å².